The molecule has 5 aromatic carbocycles. The molecular formula is C48H44N8O8. The van der Waals surface area contributed by atoms with Gasteiger partial charge in [0.2, 0.25) is 0 Å². The summed E-state index contributed by atoms with van der Waals surface area (Å²) in [7, 11) is 0. The minimum atomic E-state index is -0.0525. The van der Waals surface area contributed by atoms with Crippen LogP contribution in [0.5, 0.6) is 11.5 Å². The zero-order valence-corrected chi connectivity index (χ0v) is 34.8. The smallest absolute Gasteiger partial charge is 0.164 e. The number of aromatic nitrogens is 8. The van der Waals surface area contributed by atoms with Crippen molar-refractivity contribution in [3.05, 3.63) is 97.1 Å². The Balaban J connectivity index is 1.23. The van der Waals surface area contributed by atoms with Crippen LogP contribution in [0.1, 0.15) is 0 Å². The highest BCUT2D eigenvalue weighted by atomic mass is 16.6. The van der Waals surface area contributed by atoms with Crippen molar-refractivity contribution < 1.29 is 38.6 Å². The Labute approximate surface area is 365 Å². The summed E-state index contributed by atoms with van der Waals surface area (Å²) in [6.07, 6.45) is 0. The van der Waals surface area contributed by atoms with E-state index in [-0.39, 0.29) is 52.9 Å². The number of nitrogens with one attached hydrogen (secondary N) is 2. The Hall–Kier alpha value is -6.92. The van der Waals surface area contributed by atoms with Crippen molar-refractivity contribution in [1.29, 1.82) is 0 Å². The molecule has 2 aliphatic heterocycles. The van der Waals surface area contributed by atoms with Crippen LogP contribution in [-0.4, -0.2) is 129 Å². The summed E-state index contributed by atoms with van der Waals surface area (Å²) < 4.78 is 35.9. The molecule has 0 saturated carbocycles. The number of aliphatic hydroxyl groups excluding tert-OH is 2. The fourth-order valence-electron chi connectivity index (χ4n) is 7.98. The lowest BCUT2D eigenvalue weighted by atomic mass is 10.0. The van der Waals surface area contributed by atoms with E-state index in [1.165, 1.54) is 0 Å². The molecule has 0 spiro atoms. The van der Waals surface area contributed by atoms with Crippen molar-refractivity contribution in [2.75, 3.05) is 79.3 Å². The average molecular weight is 861 g/mol. The second-order valence-electron chi connectivity index (χ2n) is 14.8. The third kappa shape index (κ3) is 8.09. The first-order valence-electron chi connectivity index (χ1n) is 21.2. The minimum Gasteiger partial charge on any atom is -0.490 e. The molecule has 2 aliphatic rings. The Kier molecular flexibility index (Phi) is 12.1. The van der Waals surface area contributed by atoms with Gasteiger partial charge >= 0.3 is 0 Å². The molecule has 4 N–H and O–H groups in total. The van der Waals surface area contributed by atoms with E-state index >= 15 is 0 Å². The lowest BCUT2D eigenvalue weighted by molar-refractivity contribution is 0.0248. The second kappa shape index (κ2) is 18.8. The molecule has 0 unspecified atom stereocenters. The number of aliphatic hydroxyl groups is 2. The van der Waals surface area contributed by atoms with Gasteiger partial charge in [0.05, 0.1) is 76.8 Å². The second-order valence-corrected chi connectivity index (χ2v) is 14.8. The van der Waals surface area contributed by atoms with Crippen molar-refractivity contribution in [2.45, 2.75) is 0 Å². The highest BCUT2D eigenvalue weighted by molar-refractivity contribution is 6.21. The van der Waals surface area contributed by atoms with E-state index in [0.717, 1.165) is 43.8 Å². The molecule has 0 amide bonds. The summed E-state index contributed by atoms with van der Waals surface area (Å²) >= 11 is 0. The van der Waals surface area contributed by atoms with Gasteiger partial charge in [-0.3, -0.25) is 0 Å². The van der Waals surface area contributed by atoms with Gasteiger partial charge in [-0.25, -0.2) is 29.9 Å². The Morgan fingerprint density at radius 1 is 0.344 bits per heavy atom. The molecule has 324 valence electrons. The molecule has 0 saturated heterocycles. The van der Waals surface area contributed by atoms with E-state index in [2.05, 4.69) is 9.97 Å². The van der Waals surface area contributed by atoms with Gasteiger partial charge in [0, 0.05) is 43.8 Å². The number of ether oxygens (including phenoxy) is 6. The number of benzene rings is 5. The number of hydrogen-bond acceptors (Lipinski definition) is 14. The van der Waals surface area contributed by atoms with Crippen molar-refractivity contribution in [2.24, 2.45) is 0 Å². The molecule has 0 atom stereocenters. The molecular weight excluding hydrogens is 817 g/mol. The number of rotatable bonds is 18. The fraction of sp³-hybridized carbons (Fsp3) is 0.250. The van der Waals surface area contributed by atoms with E-state index in [4.69, 9.17) is 68.5 Å². The average Bonchev–Trinajstić information content (AvgIpc) is 4.07. The summed E-state index contributed by atoms with van der Waals surface area (Å²) in [5, 5.41) is 22.7. The van der Waals surface area contributed by atoms with E-state index < -0.39 is 0 Å². The summed E-state index contributed by atoms with van der Waals surface area (Å²) in [4.78, 5) is 38.0. The van der Waals surface area contributed by atoms with E-state index in [9.17, 15) is 0 Å². The molecule has 0 aliphatic carbocycles. The van der Waals surface area contributed by atoms with Crippen LogP contribution in [0.4, 0.5) is 0 Å². The first-order chi connectivity index (χ1) is 31.7. The maximum Gasteiger partial charge on any atom is 0.164 e. The van der Waals surface area contributed by atoms with E-state index in [1.807, 2.05) is 97.1 Å². The first kappa shape index (κ1) is 41.1. The largest absolute Gasteiger partial charge is 0.490 e. The van der Waals surface area contributed by atoms with Crippen LogP contribution in [-0.2, 0) is 18.9 Å². The van der Waals surface area contributed by atoms with Crippen LogP contribution in [0.25, 0.3) is 100 Å². The third-order valence-corrected chi connectivity index (χ3v) is 10.8. The topological polar surface area (TPSA) is 205 Å². The maximum atomic E-state index is 9.08. The summed E-state index contributed by atoms with van der Waals surface area (Å²) in [5.74, 6) is 2.97. The third-order valence-electron chi connectivity index (χ3n) is 10.8. The molecule has 8 bridgehead atoms. The quantitative estimate of drug-likeness (QED) is 0.0653. The zero-order valence-electron chi connectivity index (χ0n) is 34.8. The van der Waals surface area contributed by atoms with Crippen LogP contribution < -0.4 is 9.47 Å². The maximum absolute atomic E-state index is 9.08. The normalized spacial score (nSPS) is 12.0. The van der Waals surface area contributed by atoms with Gasteiger partial charge in [-0.05, 0) is 0 Å². The summed E-state index contributed by atoms with van der Waals surface area (Å²) in [6.45, 7) is 2.71. The van der Waals surface area contributed by atoms with Gasteiger partial charge in [0.25, 0.3) is 0 Å². The molecule has 5 heterocycles. The number of nitrogens with zero attached hydrogens (tertiary/aromatic N) is 6. The number of H-pyrrole nitrogens is 2. The summed E-state index contributed by atoms with van der Waals surface area (Å²) in [5.41, 5.74) is 5.34. The van der Waals surface area contributed by atoms with Crippen LogP contribution in [0.3, 0.4) is 0 Å². The van der Waals surface area contributed by atoms with Crippen molar-refractivity contribution in [3.8, 4) is 57.1 Å². The Morgan fingerprint density at radius 3 is 1.05 bits per heavy atom. The number of fused-ring (bicyclic) bond motifs is 21. The first-order valence-corrected chi connectivity index (χ1v) is 21.2. The fourth-order valence-corrected chi connectivity index (χ4v) is 7.98. The van der Waals surface area contributed by atoms with Crippen molar-refractivity contribution in [3.63, 3.8) is 0 Å². The molecule has 16 heteroatoms. The Bertz CT molecular complexity index is 2950. The molecule has 10 rings (SSSR count). The van der Waals surface area contributed by atoms with Crippen LogP contribution in [0.15, 0.2) is 97.1 Å². The van der Waals surface area contributed by atoms with Crippen molar-refractivity contribution >= 4 is 54.9 Å². The SMILES string of the molecule is OCCOCCOCCOc1c2ccccc2c(OCCOCCOCCO)c2c3nc4nc(nc5[nH]c(nc6nc(nc([nH]3)c12)-c1ccccc1-6)c1ccccc51)-c1ccccc1-4. The van der Waals surface area contributed by atoms with E-state index in [1.54, 1.807) is 0 Å². The highest BCUT2D eigenvalue weighted by Crippen LogP contribution is 2.47. The van der Waals surface area contributed by atoms with Crippen LogP contribution in [0, 0.1) is 0 Å². The number of hydrogen-bond donors (Lipinski definition) is 4. The van der Waals surface area contributed by atoms with Gasteiger partial charge in [-0.15, -0.1) is 0 Å². The van der Waals surface area contributed by atoms with Gasteiger partial charge in [-0.1, -0.05) is 97.1 Å². The lowest BCUT2D eigenvalue weighted by Crippen LogP contribution is -2.13. The van der Waals surface area contributed by atoms with Crippen LogP contribution >= 0.6 is 0 Å². The standard InChI is InChI=1S/C48H44N8O8/c57-17-19-59-21-23-61-25-27-63-39-29-9-1-2-10-30(29)40(64-28-26-62-24-22-60-20-18-58)38-37(39)47-54-45-35-15-7-5-13-33(35)43(52-45)50-41-31-11-3-4-12-32(31)42(49-41)51-44-34-14-6-8-16-36(34)46(53-44)55-48(38)56-47/h1-16,57-58H,17-28H2,(H2,49,50,51,52,53,54,55,56). The molecule has 0 radical (unpaired) electrons. The van der Waals surface area contributed by atoms with Crippen LogP contribution in [0.2, 0.25) is 0 Å². The van der Waals surface area contributed by atoms with E-state index in [0.29, 0.717) is 94.6 Å². The van der Waals surface area contributed by atoms with Gasteiger partial charge < -0.3 is 48.6 Å². The molecule has 8 aromatic rings. The van der Waals surface area contributed by atoms with Gasteiger partial charge in [-0.2, -0.15) is 0 Å². The molecule has 64 heavy (non-hydrogen) atoms. The zero-order chi connectivity index (χ0) is 43.2. The highest BCUT2D eigenvalue weighted by Gasteiger charge is 2.26. The summed E-state index contributed by atoms with van der Waals surface area (Å²) in [6, 6.07) is 31.6. The minimum absolute atomic E-state index is 0.0525. The Morgan fingerprint density at radius 2 is 0.656 bits per heavy atom. The predicted octanol–water partition coefficient (Wildman–Crippen LogP) is 6.83. The molecule has 16 nitrogen and oxygen atoms in total. The lowest BCUT2D eigenvalue weighted by Gasteiger charge is -2.16. The monoisotopic (exact) mass is 860 g/mol. The van der Waals surface area contributed by atoms with Crippen molar-refractivity contribution in [1.82, 2.24) is 39.9 Å². The van der Waals surface area contributed by atoms with Gasteiger partial charge in [0.15, 0.2) is 23.3 Å². The molecule has 3 aromatic heterocycles. The molecule has 0 fully saturated rings. The van der Waals surface area contributed by atoms with Gasteiger partial charge in [0.1, 0.15) is 47.3 Å². The number of aromatic amines is 2. The predicted molar refractivity (Wildman–Crippen MR) is 242 cm³/mol.